The summed E-state index contributed by atoms with van der Waals surface area (Å²) in [5, 5.41) is 12.7. The van der Waals surface area contributed by atoms with Gasteiger partial charge < -0.3 is 20.0 Å². The van der Waals surface area contributed by atoms with E-state index >= 15 is 0 Å². The van der Waals surface area contributed by atoms with Crippen LogP contribution < -0.4 is 10.2 Å². The van der Waals surface area contributed by atoms with Gasteiger partial charge in [-0.1, -0.05) is 43.6 Å². The third-order valence-corrected chi connectivity index (χ3v) is 5.86. The van der Waals surface area contributed by atoms with E-state index in [2.05, 4.69) is 39.2 Å². The van der Waals surface area contributed by atoms with Crippen LogP contribution in [0.25, 0.3) is 11.3 Å². The molecule has 0 bridgehead atoms. The molecule has 0 spiro atoms. The molecule has 1 aromatic carbocycles. The molecule has 1 aliphatic rings. The molecule has 0 saturated carbocycles. The van der Waals surface area contributed by atoms with Gasteiger partial charge in [0.05, 0.1) is 17.3 Å². The SMILES string of the molecule is CCN(CC)CCNCC(=O)N1CCN(c2ccc(-c3ccccc3Cl)nn2)CC1. The van der Waals surface area contributed by atoms with Crippen molar-refractivity contribution in [1.82, 2.24) is 25.3 Å². The van der Waals surface area contributed by atoms with E-state index in [0.717, 1.165) is 56.3 Å². The minimum Gasteiger partial charge on any atom is -0.352 e. The Kier molecular flexibility index (Phi) is 8.42. The number of nitrogens with one attached hydrogen (secondary N) is 1. The number of halogens is 1. The third-order valence-electron chi connectivity index (χ3n) is 5.53. The fraction of sp³-hybridized carbons (Fsp3) is 0.500. The molecule has 30 heavy (non-hydrogen) atoms. The largest absolute Gasteiger partial charge is 0.352 e. The van der Waals surface area contributed by atoms with Gasteiger partial charge in [0.1, 0.15) is 0 Å². The Morgan fingerprint density at radius 1 is 1.07 bits per heavy atom. The summed E-state index contributed by atoms with van der Waals surface area (Å²) in [5.41, 5.74) is 1.64. The van der Waals surface area contributed by atoms with Gasteiger partial charge in [0.2, 0.25) is 5.91 Å². The van der Waals surface area contributed by atoms with Crippen molar-refractivity contribution in [2.24, 2.45) is 0 Å². The van der Waals surface area contributed by atoms with Crippen LogP contribution in [0.15, 0.2) is 36.4 Å². The van der Waals surface area contributed by atoms with E-state index in [4.69, 9.17) is 11.6 Å². The minimum absolute atomic E-state index is 0.161. The Morgan fingerprint density at radius 2 is 1.80 bits per heavy atom. The highest BCUT2D eigenvalue weighted by Crippen LogP contribution is 2.26. The topological polar surface area (TPSA) is 64.6 Å². The van der Waals surface area contributed by atoms with Crippen molar-refractivity contribution in [2.45, 2.75) is 13.8 Å². The number of likely N-dealkylation sites (N-methyl/N-ethyl adjacent to an activating group) is 1. The molecule has 0 aliphatic carbocycles. The molecule has 1 saturated heterocycles. The van der Waals surface area contributed by atoms with E-state index < -0.39 is 0 Å². The first-order valence-corrected chi connectivity index (χ1v) is 11.0. The molecule has 1 aromatic heterocycles. The predicted octanol–water partition coefficient (Wildman–Crippen LogP) is 2.38. The number of nitrogens with zero attached hydrogens (tertiary/aromatic N) is 5. The zero-order valence-corrected chi connectivity index (χ0v) is 18.6. The summed E-state index contributed by atoms with van der Waals surface area (Å²) in [5.74, 6) is 0.990. The van der Waals surface area contributed by atoms with Gasteiger partial charge in [-0.05, 0) is 31.3 Å². The molecule has 162 valence electrons. The minimum atomic E-state index is 0.161. The predicted molar refractivity (Wildman–Crippen MR) is 122 cm³/mol. The van der Waals surface area contributed by atoms with E-state index in [0.29, 0.717) is 24.7 Å². The number of amides is 1. The van der Waals surface area contributed by atoms with Crippen molar-refractivity contribution in [3.05, 3.63) is 41.4 Å². The zero-order valence-electron chi connectivity index (χ0n) is 17.9. The number of piperazine rings is 1. The number of anilines is 1. The number of hydrogen-bond donors (Lipinski definition) is 1. The molecule has 1 amide bonds. The molecule has 1 aliphatic heterocycles. The van der Waals surface area contributed by atoms with E-state index in [9.17, 15) is 4.79 Å². The second kappa shape index (κ2) is 11.2. The van der Waals surface area contributed by atoms with Gasteiger partial charge in [0, 0.05) is 44.8 Å². The maximum Gasteiger partial charge on any atom is 0.236 e. The normalized spacial score (nSPS) is 14.4. The van der Waals surface area contributed by atoms with Crippen LogP contribution in [0.1, 0.15) is 13.8 Å². The molecule has 2 aromatic rings. The quantitative estimate of drug-likeness (QED) is 0.616. The molecular weight excluding hydrogens is 400 g/mol. The smallest absolute Gasteiger partial charge is 0.236 e. The summed E-state index contributed by atoms with van der Waals surface area (Å²) in [4.78, 5) is 18.9. The molecule has 8 heteroatoms. The van der Waals surface area contributed by atoms with E-state index in [1.807, 2.05) is 41.3 Å². The molecule has 2 heterocycles. The van der Waals surface area contributed by atoms with E-state index in [1.54, 1.807) is 0 Å². The van der Waals surface area contributed by atoms with Gasteiger partial charge in [-0.25, -0.2) is 0 Å². The van der Waals surface area contributed by atoms with Crippen molar-refractivity contribution in [3.8, 4) is 11.3 Å². The van der Waals surface area contributed by atoms with Gasteiger partial charge in [-0.3, -0.25) is 4.79 Å². The maximum atomic E-state index is 12.4. The maximum absolute atomic E-state index is 12.4. The summed E-state index contributed by atoms with van der Waals surface area (Å²) in [7, 11) is 0. The third kappa shape index (κ3) is 5.90. The summed E-state index contributed by atoms with van der Waals surface area (Å²) in [6.45, 7) is 11.5. The van der Waals surface area contributed by atoms with Crippen LogP contribution in [0.3, 0.4) is 0 Å². The average molecular weight is 431 g/mol. The fourth-order valence-electron chi connectivity index (χ4n) is 3.58. The van der Waals surface area contributed by atoms with Crippen LogP contribution in [0.5, 0.6) is 0 Å². The van der Waals surface area contributed by atoms with E-state index in [-0.39, 0.29) is 5.91 Å². The first-order chi connectivity index (χ1) is 14.6. The summed E-state index contributed by atoms with van der Waals surface area (Å²) in [6.07, 6.45) is 0. The average Bonchev–Trinajstić information content (AvgIpc) is 2.80. The Hall–Kier alpha value is -2.22. The number of carbonyl (C=O) groups is 1. The Bertz CT molecular complexity index is 804. The van der Waals surface area contributed by atoms with Crippen LogP contribution in [0.4, 0.5) is 5.82 Å². The molecule has 3 rings (SSSR count). The summed E-state index contributed by atoms with van der Waals surface area (Å²) in [6, 6.07) is 11.5. The summed E-state index contributed by atoms with van der Waals surface area (Å²) >= 11 is 6.25. The highest BCUT2D eigenvalue weighted by Gasteiger charge is 2.22. The number of aromatic nitrogens is 2. The first kappa shape index (κ1) is 22.5. The van der Waals surface area contributed by atoms with Crippen molar-refractivity contribution < 1.29 is 4.79 Å². The second-order valence-corrected chi connectivity index (χ2v) is 7.74. The van der Waals surface area contributed by atoms with Gasteiger partial charge in [-0.15, -0.1) is 10.2 Å². The second-order valence-electron chi connectivity index (χ2n) is 7.33. The molecule has 0 radical (unpaired) electrons. The zero-order chi connectivity index (χ0) is 21.3. The van der Waals surface area contributed by atoms with Gasteiger partial charge in [-0.2, -0.15) is 0 Å². The lowest BCUT2D eigenvalue weighted by Crippen LogP contribution is -2.51. The summed E-state index contributed by atoms with van der Waals surface area (Å²) < 4.78 is 0. The Morgan fingerprint density at radius 3 is 2.43 bits per heavy atom. The lowest BCUT2D eigenvalue weighted by atomic mass is 10.1. The van der Waals surface area contributed by atoms with Crippen molar-refractivity contribution in [1.29, 1.82) is 0 Å². The molecule has 1 N–H and O–H groups in total. The van der Waals surface area contributed by atoms with Crippen LogP contribution in [-0.2, 0) is 4.79 Å². The lowest BCUT2D eigenvalue weighted by Gasteiger charge is -2.35. The lowest BCUT2D eigenvalue weighted by molar-refractivity contribution is -0.130. The van der Waals surface area contributed by atoms with Crippen LogP contribution in [0.2, 0.25) is 5.02 Å². The number of benzene rings is 1. The van der Waals surface area contributed by atoms with Crippen LogP contribution in [-0.4, -0.2) is 84.8 Å². The standard InChI is InChI=1S/C22H31ClN6O/c1-3-27(4-2)12-11-24-17-22(30)29-15-13-28(14-16-29)21-10-9-20(25-26-21)18-7-5-6-8-19(18)23/h5-10,24H,3-4,11-17H2,1-2H3. The number of hydrogen-bond acceptors (Lipinski definition) is 6. The Balaban J connectivity index is 1.45. The number of carbonyl (C=O) groups excluding carboxylic acids is 1. The fourth-order valence-corrected chi connectivity index (χ4v) is 3.81. The highest BCUT2D eigenvalue weighted by molar-refractivity contribution is 6.33. The van der Waals surface area contributed by atoms with Gasteiger partial charge in [0.25, 0.3) is 0 Å². The van der Waals surface area contributed by atoms with Crippen molar-refractivity contribution in [3.63, 3.8) is 0 Å². The van der Waals surface area contributed by atoms with Gasteiger partial charge in [0.15, 0.2) is 5.82 Å². The van der Waals surface area contributed by atoms with Crippen LogP contribution in [0, 0.1) is 0 Å². The van der Waals surface area contributed by atoms with Gasteiger partial charge >= 0.3 is 0 Å². The monoisotopic (exact) mass is 430 g/mol. The van der Waals surface area contributed by atoms with Crippen molar-refractivity contribution in [2.75, 3.05) is 63.8 Å². The first-order valence-electron chi connectivity index (χ1n) is 10.7. The van der Waals surface area contributed by atoms with Crippen molar-refractivity contribution >= 4 is 23.3 Å². The molecule has 7 nitrogen and oxygen atoms in total. The molecule has 0 unspecified atom stereocenters. The number of rotatable bonds is 9. The molecule has 0 atom stereocenters. The Labute approximate surface area is 184 Å². The highest BCUT2D eigenvalue weighted by atomic mass is 35.5. The molecular formula is C22H31ClN6O. The molecule has 1 fully saturated rings. The van der Waals surface area contributed by atoms with Crippen LogP contribution >= 0.6 is 11.6 Å². The van der Waals surface area contributed by atoms with E-state index in [1.165, 1.54) is 0 Å².